The molecule has 0 bridgehead atoms. The summed E-state index contributed by atoms with van der Waals surface area (Å²) in [5, 5.41) is 13.5. The lowest BCUT2D eigenvalue weighted by Gasteiger charge is -2.29. The maximum atomic E-state index is 8.83. The van der Waals surface area contributed by atoms with Crippen molar-refractivity contribution >= 4 is 29.2 Å². The van der Waals surface area contributed by atoms with E-state index in [-0.39, 0.29) is 6.04 Å². The van der Waals surface area contributed by atoms with Crippen LogP contribution in [0.5, 0.6) is 0 Å². The Kier molecular flexibility index (Phi) is 20.9. The number of hydrogen-bond acceptors (Lipinski definition) is 7. The average molecular weight is 508 g/mol. The molecule has 0 fully saturated rings. The number of aliphatic hydroxyl groups excluding tert-OH is 1. The largest absolute Gasteiger partial charge is 0.396 e. The molecule has 35 heavy (non-hydrogen) atoms. The van der Waals surface area contributed by atoms with Crippen LogP contribution in [0.1, 0.15) is 93.9 Å². The summed E-state index contributed by atoms with van der Waals surface area (Å²) in [6.45, 7) is 19.7. The zero-order chi connectivity index (χ0) is 26.5. The first-order valence-corrected chi connectivity index (χ1v) is 14.6. The molecular formula is C28H53N5OS. The number of nitrogens with zero attached hydrogens (tertiary/aromatic N) is 4. The maximum absolute atomic E-state index is 8.83. The van der Waals surface area contributed by atoms with E-state index in [0.29, 0.717) is 19.3 Å². The summed E-state index contributed by atoms with van der Waals surface area (Å²) in [5.74, 6) is 0.924. The first-order valence-electron chi connectivity index (χ1n) is 13.6. The van der Waals surface area contributed by atoms with Crippen molar-refractivity contribution in [3.63, 3.8) is 0 Å². The molecule has 1 rings (SSSR count). The summed E-state index contributed by atoms with van der Waals surface area (Å²) in [7, 11) is 0. The highest BCUT2D eigenvalue weighted by molar-refractivity contribution is 8.14. The van der Waals surface area contributed by atoms with Crippen LogP contribution in [0.3, 0.4) is 0 Å². The van der Waals surface area contributed by atoms with E-state index in [1.54, 1.807) is 11.8 Å². The number of rotatable bonds is 17. The second-order valence-electron chi connectivity index (χ2n) is 8.61. The molecular weight excluding hydrogens is 454 g/mol. The quantitative estimate of drug-likeness (QED) is 0.175. The van der Waals surface area contributed by atoms with Crippen LogP contribution in [-0.2, 0) is 0 Å². The topological polar surface area (TPSA) is 72.6 Å². The standard InChI is InChI=1S/C26H47N5OS.C2H6/c1-7-25(8-2)31(20-27-9-3)18-21(4)22(5)29-16-24-19-33-26(30-23(24)6)17-28-14-12-10-11-13-15-32;1-2/h9,16,18,22,25,28,32H,7-8,10-15,17,19-20H2,1-6H3;1-2H3/b21-18-,27-9+,29-16?;. The Morgan fingerprint density at radius 3 is 2.49 bits per heavy atom. The summed E-state index contributed by atoms with van der Waals surface area (Å²) in [5.41, 5.74) is 3.53. The number of nitrogens with one attached hydrogen (secondary N) is 1. The molecule has 202 valence electrons. The third-order valence-corrected chi connectivity index (χ3v) is 7.03. The van der Waals surface area contributed by atoms with Crippen LogP contribution in [0, 0.1) is 0 Å². The van der Waals surface area contributed by atoms with Crippen LogP contribution in [-0.4, -0.2) is 71.7 Å². The number of aliphatic imine (C=N–C) groups is 3. The van der Waals surface area contributed by atoms with Gasteiger partial charge in [-0.25, -0.2) is 4.99 Å². The molecule has 1 heterocycles. The van der Waals surface area contributed by atoms with Crippen molar-refractivity contribution in [2.75, 3.05) is 32.1 Å². The Hall–Kier alpha value is -1.44. The first-order chi connectivity index (χ1) is 17.0. The molecule has 0 saturated carbocycles. The zero-order valence-electron chi connectivity index (χ0n) is 23.8. The molecule has 1 unspecified atom stereocenters. The molecule has 1 aliphatic heterocycles. The SMILES string of the molecule is C/C=N/CN(/C=C(/C)C(C)N=CC1=C(C)N=C(CNCCCCCCO)SC1)C(CC)CC.CC. The molecule has 0 aromatic heterocycles. The van der Waals surface area contributed by atoms with E-state index in [0.717, 1.165) is 61.7 Å². The third-order valence-electron chi connectivity index (χ3n) is 6.01. The fraction of sp³-hybridized carbons (Fsp3) is 0.750. The van der Waals surface area contributed by atoms with Gasteiger partial charge < -0.3 is 15.3 Å². The summed E-state index contributed by atoms with van der Waals surface area (Å²) < 4.78 is 0. The minimum absolute atomic E-state index is 0.121. The number of allylic oxidation sites excluding steroid dienone is 1. The molecule has 0 amide bonds. The summed E-state index contributed by atoms with van der Waals surface area (Å²) in [4.78, 5) is 16.4. The van der Waals surface area contributed by atoms with Crippen molar-refractivity contribution in [2.24, 2.45) is 15.0 Å². The summed E-state index contributed by atoms with van der Waals surface area (Å²) >= 11 is 1.80. The molecule has 7 heteroatoms. The lowest BCUT2D eigenvalue weighted by molar-refractivity contribution is 0.267. The lowest BCUT2D eigenvalue weighted by Crippen LogP contribution is -2.30. The molecule has 0 radical (unpaired) electrons. The molecule has 0 spiro atoms. The summed E-state index contributed by atoms with van der Waals surface area (Å²) in [6, 6.07) is 0.622. The zero-order valence-corrected chi connectivity index (χ0v) is 24.6. The Morgan fingerprint density at radius 2 is 1.89 bits per heavy atom. The number of thioether (sulfide) groups is 1. The van der Waals surface area contributed by atoms with Gasteiger partial charge in [0.1, 0.15) is 6.67 Å². The first kappa shape index (κ1) is 33.6. The molecule has 0 aromatic carbocycles. The van der Waals surface area contributed by atoms with Gasteiger partial charge in [0.2, 0.25) is 0 Å². The molecule has 6 nitrogen and oxygen atoms in total. The van der Waals surface area contributed by atoms with E-state index in [9.17, 15) is 0 Å². The van der Waals surface area contributed by atoms with Crippen molar-refractivity contribution < 1.29 is 5.11 Å². The van der Waals surface area contributed by atoms with Crippen LogP contribution in [0.4, 0.5) is 0 Å². The fourth-order valence-electron chi connectivity index (χ4n) is 3.57. The van der Waals surface area contributed by atoms with E-state index in [1.807, 2.05) is 33.2 Å². The molecule has 1 atom stereocenters. The van der Waals surface area contributed by atoms with Crippen molar-refractivity contribution in [3.8, 4) is 0 Å². The Labute approximate surface area is 220 Å². The highest BCUT2D eigenvalue weighted by atomic mass is 32.2. The molecule has 2 N–H and O–H groups in total. The highest BCUT2D eigenvalue weighted by Gasteiger charge is 2.14. The van der Waals surface area contributed by atoms with E-state index in [4.69, 9.17) is 15.1 Å². The van der Waals surface area contributed by atoms with Gasteiger partial charge in [0.05, 0.1) is 11.1 Å². The van der Waals surface area contributed by atoms with Gasteiger partial charge in [-0.2, -0.15) is 0 Å². The normalized spacial score (nSPS) is 15.6. The van der Waals surface area contributed by atoms with Gasteiger partial charge in [-0.1, -0.05) is 40.5 Å². The molecule has 1 aliphatic rings. The van der Waals surface area contributed by atoms with Crippen LogP contribution >= 0.6 is 11.8 Å². The van der Waals surface area contributed by atoms with Crippen molar-refractivity contribution in [2.45, 2.75) is 106 Å². The van der Waals surface area contributed by atoms with Crippen molar-refractivity contribution in [1.29, 1.82) is 0 Å². The van der Waals surface area contributed by atoms with Crippen LogP contribution in [0.2, 0.25) is 0 Å². The molecule has 0 saturated heterocycles. The third kappa shape index (κ3) is 14.6. The number of hydrogen-bond donors (Lipinski definition) is 2. The summed E-state index contributed by atoms with van der Waals surface area (Å²) in [6.07, 6.45) is 12.7. The predicted molar refractivity (Wildman–Crippen MR) is 159 cm³/mol. The monoisotopic (exact) mass is 507 g/mol. The van der Waals surface area contributed by atoms with Gasteiger partial charge in [0.25, 0.3) is 0 Å². The van der Waals surface area contributed by atoms with E-state index in [1.165, 1.54) is 17.6 Å². The van der Waals surface area contributed by atoms with E-state index >= 15 is 0 Å². The van der Waals surface area contributed by atoms with Gasteiger partial charge in [-0.05, 0) is 71.7 Å². The minimum atomic E-state index is 0.121. The average Bonchev–Trinajstić information content (AvgIpc) is 2.87. The Balaban J connectivity index is 0.00000562. The van der Waals surface area contributed by atoms with Crippen LogP contribution in [0.25, 0.3) is 0 Å². The Bertz CT molecular complexity index is 695. The smallest absolute Gasteiger partial charge is 0.109 e. The van der Waals surface area contributed by atoms with Crippen molar-refractivity contribution in [3.05, 3.63) is 23.0 Å². The second kappa shape index (κ2) is 21.8. The van der Waals surface area contributed by atoms with Crippen LogP contribution in [0.15, 0.2) is 38.0 Å². The van der Waals surface area contributed by atoms with Gasteiger partial charge in [-0.3, -0.25) is 9.98 Å². The van der Waals surface area contributed by atoms with Gasteiger partial charge in [0.15, 0.2) is 0 Å². The highest BCUT2D eigenvalue weighted by Crippen LogP contribution is 2.21. The number of aliphatic hydroxyl groups is 1. The van der Waals surface area contributed by atoms with Crippen molar-refractivity contribution in [1.82, 2.24) is 10.2 Å². The van der Waals surface area contributed by atoms with Gasteiger partial charge in [0, 0.05) is 48.6 Å². The Morgan fingerprint density at radius 1 is 1.20 bits per heavy atom. The second-order valence-corrected chi connectivity index (χ2v) is 9.66. The molecule has 0 aliphatic carbocycles. The lowest BCUT2D eigenvalue weighted by atomic mass is 10.1. The number of unbranched alkanes of at least 4 members (excludes halogenated alkanes) is 3. The minimum Gasteiger partial charge on any atom is -0.396 e. The van der Waals surface area contributed by atoms with Gasteiger partial charge >= 0.3 is 0 Å². The predicted octanol–water partition coefficient (Wildman–Crippen LogP) is 6.48. The van der Waals surface area contributed by atoms with Crippen LogP contribution < -0.4 is 5.32 Å². The van der Waals surface area contributed by atoms with E-state index < -0.39 is 0 Å². The van der Waals surface area contributed by atoms with E-state index in [2.05, 4.69) is 56.0 Å². The maximum Gasteiger partial charge on any atom is 0.109 e. The fourth-order valence-corrected chi connectivity index (χ4v) is 4.58. The van der Waals surface area contributed by atoms with Gasteiger partial charge in [-0.15, -0.1) is 11.8 Å². The molecule has 0 aromatic rings.